The lowest BCUT2D eigenvalue weighted by Gasteiger charge is -2.31. The average Bonchev–Trinajstić information content (AvgIpc) is 2.91. The van der Waals surface area contributed by atoms with Gasteiger partial charge in [0.25, 0.3) is 5.91 Å². The van der Waals surface area contributed by atoms with Gasteiger partial charge in [-0.1, -0.05) is 0 Å². The Bertz CT molecular complexity index is 1380. The Morgan fingerprint density at radius 1 is 1.03 bits per heavy atom. The zero-order valence-electron chi connectivity index (χ0n) is 21.5. The number of aliphatic hydroxyl groups is 1. The molecule has 2 fully saturated rings. The minimum Gasteiger partial charge on any atom is -0.440 e. The normalized spacial score (nSPS) is 17.6. The number of nitrogens with zero attached hydrogens (tertiary/aromatic N) is 3. The summed E-state index contributed by atoms with van der Waals surface area (Å²) < 4.78 is 39.7. The third kappa shape index (κ3) is 5.23. The third-order valence-corrected chi connectivity index (χ3v) is 7.45. The molecule has 1 N–H and O–H groups in total. The van der Waals surface area contributed by atoms with Crippen LogP contribution in [0, 0.1) is 11.6 Å². The molecular weight excluding hydrogens is 496 g/mol. The van der Waals surface area contributed by atoms with Gasteiger partial charge in [0.1, 0.15) is 17.2 Å². The number of aliphatic hydroxyl groups excluding tert-OH is 1. The monoisotopic (exact) mass is 527 g/mol. The van der Waals surface area contributed by atoms with Crippen molar-refractivity contribution in [1.82, 2.24) is 4.90 Å². The van der Waals surface area contributed by atoms with Crippen molar-refractivity contribution in [1.29, 1.82) is 0 Å². The quantitative estimate of drug-likeness (QED) is 0.542. The first-order valence-corrected chi connectivity index (χ1v) is 12.8. The van der Waals surface area contributed by atoms with E-state index < -0.39 is 23.8 Å². The molecule has 0 unspecified atom stereocenters. The number of fused-ring (bicyclic) bond motifs is 1. The van der Waals surface area contributed by atoms with Crippen molar-refractivity contribution in [3.8, 4) is 0 Å². The Morgan fingerprint density at radius 3 is 2.34 bits per heavy atom. The summed E-state index contributed by atoms with van der Waals surface area (Å²) in [6.45, 7) is 4.81. The second-order valence-electron chi connectivity index (χ2n) is 9.93. The molecule has 1 aromatic heterocycles. The molecule has 0 aliphatic carbocycles. The van der Waals surface area contributed by atoms with Gasteiger partial charge in [-0.05, 0) is 44.0 Å². The summed E-state index contributed by atoms with van der Waals surface area (Å²) in [5.41, 5.74) is 1.20. The lowest BCUT2D eigenvalue weighted by molar-refractivity contribution is 0.0546. The number of carbonyl (C=O) groups is 1. The van der Waals surface area contributed by atoms with E-state index in [9.17, 15) is 23.5 Å². The molecule has 2 aromatic carbocycles. The molecule has 1 atom stereocenters. The van der Waals surface area contributed by atoms with Crippen molar-refractivity contribution in [3.05, 3.63) is 69.4 Å². The molecule has 3 heterocycles. The number of anilines is 2. The molecule has 2 saturated heterocycles. The topological polar surface area (TPSA) is 86.5 Å². The van der Waals surface area contributed by atoms with Crippen molar-refractivity contribution in [2.75, 3.05) is 56.2 Å². The molecule has 3 aromatic rings. The summed E-state index contributed by atoms with van der Waals surface area (Å²) in [4.78, 5) is 32.1. The Morgan fingerprint density at radius 2 is 1.68 bits per heavy atom. The summed E-state index contributed by atoms with van der Waals surface area (Å²) in [5.74, 6) is -1.26. The van der Waals surface area contributed by atoms with Gasteiger partial charge in [0.2, 0.25) is 0 Å². The molecular formula is C28H31F2N3O5. The van der Waals surface area contributed by atoms with Gasteiger partial charge in [0, 0.05) is 62.2 Å². The van der Waals surface area contributed by atoms with Gasteiger partial charge in [-0.3, -0.25) is 9.59 Å². The number of halogens is 2. The summed E-state index contributed by atoms with van der Waals surface area (Å²) in [5, 5.41) is 10.1. The van der Waals surface area contributed by atoms with Crippen LogP contribution in [0.4, 0.5) is 20.4 Å². The maximum Gasteiger partial charge on any atom is 0.253 e. The summed E-state index contributed by atoms with van der Waals surface area (Å²) in [7, 11) is 1.69. The van der Waals surface area contributed by atoms with Crippen LogP contribution in [0.15, 0.2) is 45.6 Å². The second-order valence-corrected chi connectivity index (χ2v) is 9.93. The Hall–Kier alpha value is -3.50. The molecule has 0 radical (unpaired) electrons. The minimum absolute atomic E-state index is 0.247. The first-order chi connectivity index (χ1) is 18.2. The van der Waals surface area contributed by atoms with Crippen molar-refractivity contribution in [2.45, 2.75) is 31.9 Å². The van der Waals surface area contributed by atoms with E-state index in [0.717, 1.165) is 6.07 Å². The Kier molecular flexibility index (Phi) is 7.36. The summed E-state index contributed by atoms with van der Waals surface area (Å²) in [6, 6.07) is 7.42. The Labute approximate surface area is 219 Å². The number of hydrogen-bond acceptors (Lipinski definition) is 7. The van der Waals surface area contributed by atoms with Crippen molar-refractivity contribution in [2.24, 2.45) is 0 Å². The van der Waals surface area contributed by atoms with E-state index in [4.69, 9.17) is 9.15 Å². The smallest absolute Gasteiger partial charge is 0.253 e. The largest absolute Gasteiger partial charge is 0.440 e. The molecule has 5 rings (SSSR count). The zero-order chi connectivity index (χ0) is 27.0. The molecule has 202 valence electrons. The van der Waals surface area contributed by atoms with E-state index in [2.05, 4.69) is 0 Å². The summed E-state index contributed by atoms with van der Waals surface area (Å²) in [6.07, 6.45) is 0.542. The number of piperidine rings is 1. The molecule has 8 nitrogen and oxygen atoms in total. The van der Waals surface area contributed by atoms with Gasteiger partial charge >= 0.3 is 0 Å². The minimum atomic E-state index is -0.707. The fourth-order valence-corrected chi connectivity index (χ4v) is 5.07. The lowest BCUT2D eigenvalue weighted by Crippen LogP contribution is -2.40. The molecule has 0 spiro atoms. The average molecular weight is 528 g/mol. The predicted octanol–water partition coefficient (Wildman–Crippen LogP) is 3.70. The van der Waals surface area contributed by atoms with E-state index in [1.807, 2.05) is 11.8 Å². The van der Waals surface area contributed by atoms with Gasteiger partial charge in [-0.25, -0.2) is 8.78 Å². The van der Waals surface area contributed by atoms with E-state index in [1.54, 1.807) is 29.0 Å². The fraction of sp³-hybridized carbons (Fsp3) is 0.429. The van der Waals surface area contributed by atoms with Crippen LogP contribution in [0.1, 0.15) is 41.7 Å². The van der Waals surface area contributed by atoms with Crippen LogP contribution in [0.25, 0.3) is 11.0 Å². The first kappa shape index (κ1) is 26.1. The molecule has 1 amide bonds. The van der Waals surface area contributed by atoms with Gasteiger partial charge in [0.15, 0.2) is 11.3 Å². The number of morpholine rings is 1. The molecule has 10 heteroatoms. The number of amides is 1. The maximum absolute atomic E-state index is 14.0. The fourth-order valence-electron chi connectivity index (χ4n) is 5.07. The number of benzene rings is 2. The summed E-state index contributed by atoms with van der Waals surface area (Å²) >= 11 is 0. The van der Waals surface area contributed by atoms with E-state index in [-0.39, 0.29) is 16.7 Å². The SMILES string of the molecule is C[C@H](c1cc(C(=O)N2CCC(O)CC2)cc2c(=O)cc(N3CCOCC3)oc12)N(C)c1cc(F)cc(F)c1. The lowest BCUT2D eigenvalue weighted by atomic mass is 9.98. The van der Waals surface area contributed by atoms with E-state index >= 15 is 0 Å². The van der Waals surface area contributed by atoms with Crippen molar-refractivity contribution >= 4 is 28.4 Å². The zero-order valence-corrected chi connectivity index (χ0v) is 21.5. The number of ether oxygens (including phenoxy) is 1. The Balaban J connectivity index is 1.62. The number of rotatable bonds is 5. The van der Waals surface area contributed by atoms with Crippen LogP contribution in [0.5, 0.6) is 0 Å². The number of carbonyl (C=O) groups excluding carboxylic acids is 1. The molecule has 2 aliphatic heterocycles. The highest BCUT2D eigenvalue weighted by Crippen LogP contribution is 2.34. The van der Waals surface area contributed by atoms with E-state index in [0.29, 0.717) is 80.5 Å². The van der Waals surface area contributed by atoms with Gasteiger partial charge in [-0.15, -0.1) is 0 Å². The molecule has 0 saturated carbocycles. The van der Waals surface area contributed by atoms with Crippen LogP contribution >= 0.6 is 0 Å². The standard InChI is InChI=1S/C28H31F2N3O5/c1-17(31(2)21-14-19(29)13-20(30)15-21)23-11-18(28(36)33-5-3-22(34)4-6-33)12-24-25(35)16-26(38-27(23)24)32-7-9-37-10-8-32/h11-17,22,34H,3-10H2,1-2H3/t17-/m1/s1. The van der Waals surface area contributed by atoms with Crippen LogP contribution in [0.3, 0.4) is 0 Å². The van der Waals surface area contributed by atoms with Gasteiger partial charge in [-0.2, -0.15) is 0 Å². The van der Waals surface area contributed by atoms with Gasteiger partial charge in [0.05, 0.1) is 30.7 Å². The molecule has 0 bridgehead atoms. The molecule has 38 heavy (non-hydrogen) atoms. The highest BCUT2D eigenvalue weighted by Gasteiger charge is 2.27. The van der Waals surface area contributed by atoms with Crippen LogP contribution in [-0.2, 0) is 4.74 Å². The number of hydrogen-bond donors (Lipinski definition) is 1. The van der Waals surface area contributed by atoms with Gasteiger partial charge < -0.3 is 29.0 Å². The third-order valence-electron chi connectivity index (χ3n) is 7.45. The number of likely N-dealkylation sites (tertiary alicyclic amines) is 1. The van der Waals surface area contributed by atoms with Crippen LogP contribution in [-0.4, -0.2) is 68.5 Å². The highest BCUT2D eigenvalue weighted by molar-refractivity contribution is 5.99. The van der Waals surface area contributed by atoms with E-state index in [1.165, 1.54) is 18.2 Å². The van der Waals surface area contributed by atoms with Crippen LogP contribution < -0.4 is 15.2 Å². The maximum atomic E-state index is 14.0. The predicted molar refractivity (Wildman–Crippen MR) is 140 cm³/mol. The molecule has 2 aliphatic rings. The first-order valence-electron chi connectivity index (χ1n) is 12.8. The van der Waals surface area contributed by atoms with Crippen molar-refractivity contribution in [3.63, 3.8) is 0 Å². The van der Waals surface area contributed by atoms with Crippen LogP contribution in [0.2, 0.25) is 0 Å². The second kappa shape index (κ2) is 10.7. The highest BCUT2D eigenvalue weighted by atomic mass is 19.1. The van der Waals surface area contributed by atoms with Crippen molar-refractivity contribution < 1.29 is 27.8 Å².